The van der Waals surface area contributed by atoms with E-state index >= 15 is 0 Å². The zero-order chi connectivity index (χ0) is 10.6. The fraction of sp³-hybridized carbons (Fsp3) is 0.800. The normalized spacial score (nSPS) is 16.1. The van der Waals surface area contributed by atoms with Gasteiger partial charge in [-0.15, -0.1) is 0 Å². The average Bonchev–Trinajstić information content (AvgIpc) is 2.06. The maximum Gasteiger partial charge on any atom is 0.323 e. The fourth-order valence-corrected chi connectivity index (χ4v) is 1.61. The van der Waals surface area contributed by atoms with E-state index in [2.05, 4.69) is 0 Å². The van der Waals surface area contributed by atoms with Gasteiger partial charge in [-0.1, -0.05) is 6.42 Å². The van der Waals surface area contributed by atoms with Crippen LogP contribution in [-0.4, -0.2) is 35.0 Å². The molecule has 1 saturated carbocycles. The van der Waals surface area contributed by atoms with Crippen LogP contribution in [0.2, 0.25) is 0 Å². The Morgan fingerprint density at radius 2 is 2.07 bits per heavy atom. The third-order valence-corrected chi connectivity index (χ3v) is 2.75. The second-order valence-electron chi connectivity index (χ2n) is 3.80. The molecule has 4 nitrogen and oxygen atoms in total. The Kier molecular flexibility index (Phi) is 3.92. The van der Waals surface area contributed by atoms with Crippen molar-refractivity contribution in [3.63, 3.8) is 0 Å². The highest BCUT2D eigenvalue weighted by Crippen LogP contribution is 2.29. The van der Waals surface area contributed by atoms with Crippen LogP contribution in [0.25, 0.3) is 0 Å². The van der Waals surface area contributed by atoms with Gasteiger partial charge in [-0.3, -0.25) is 9.59 Å². The largest absolute Gasteiger partial charge is 0.480 e. The molecule has 0 heterocycles. The lowest BCUT2D eigenvalue weighted by molar-refractivity contribution is -0.145. The standard InChI is InChI=1S/C10H17NO3/c1-2-11(7-10(13)14)9(12)6-8-4-3-5-8/h8H,2-7H2,1H3,(H,13,14). The summed E-state index contributed by atoms with van der Waals surface area (Å²) < 4.78 is 0. The first-order chi connectivity index (χ1) is 6.63. The molecule has 4 heteroatoms. The predicted octanol–water partition coefficient (Wildman–Crippen LogP) is 1.11. The molecule has 0 atom stereocenters. The van der Waals surface area contributed by atoms with E-state index in [1.165, 1.54) is 11.3 Å². The quantitative estimate of drug-likeness (QED) is 0.721. The monoisotopic (exact) mass is 199 g/mol. The van der Waals surface area contributed by atoms with Gasteiger partial charge in [-0.2, -0.15) is 0 Å². The number of hydrogen-bond donors (Lipinski definition) is 1. The molecule has 1 rings (SSSR count). The number of likely N-dealkylation sites (N-methyl/N-ethyl adjacent to an activating group) is 1. The van der Waals surface area contributed by atoms with Crippen molar-refractivity contribution in [2.45, 2.75) is 32.6 Å². The summed E-state index contributed by atoms with van der Waals surface area (Å²) in [5.74, 6) is -0.446. The highest BCUT2D eigenvalue weighted by molar-refractivity contribution is 5.81. The molecule has 80 valence electrons. The van der Waals surface area contributed by atoms with E-state index in [0.717, 1.165) is 12.8 Å². The van der Waals surface area contributed by atoms with Crippen LogP contribution in [0.3, 0.4) is 0 Å². The van der Waals surface area contributed by atoms with Crippen LogP contribution in [0.15, 0.2) is 0 Å². The van der Waals surface area contributed by atoms with E-state index in [9.17, 15) is 9.59 Å². The van der Waals surface area contributed by atoms with Gasteiger partial charge in [0.25, 0.3) is 0 Å². The van der Waals surface area contributed by atoms with Gasteiger partial charge in [0.05, 0.1) is 0 Å². The lowest BCUT2D eigenvalue weighted by Gasteiger charge is -2.27. The van der Waals surface area contributed by atoms with Gasteiger partial charge in [0.15, 0.2) is 0 Å². The SMILES string of the molecule is CCN(CC(=O)O)C(=O)CC1CCC1. The molecule has 1 aliphatic rings. The van der Waals surface area contributed by atoms with Crippen molar-refractivity contribution in [3.8, 4) is 0 Å². The number of amides is 1. The van der Waals surface area contributed by atoms with Crippen molar-refractivity contribution in [1.29, 1.82) is 0 Å². The summed E-state index contributed by atoms with van der Waals surface area (Å²) in [4.78, 5) is 23.4. The minimum absolute atomic E-state index is 0.0143. The molecule has 0 unspecified atom stereocenters. The van der Waals surface area contributed by atoms with E-state index in [4.69, 9.17) is 5.11 Å². The van der Waals surface area contributed by atoms with Crippen LogP contribution >= 0.6 is 0 Å². The van der Waals surface area contributed by atoms with Crippen LogP contribution in [0.5, 0.6) is 0 Å². The zero-order valence-corrected chi connectivity index (χ0v) is 8.53. The van der Waals surface area contributed by atoms with Crippen LogP contribution in [0.4, 0.5) is 0 Å². The van der Waals surface area contributed by atoms with Crippen molar-refractivity contribution < 1.29 is 14.7 Å². The first-order valence-corrected chi connectivity index (χ1v) is 5.13. The molecular formula is C10H17NO3. The Morgan fingerprint density at radius 1 is 1.43 bits per heavy atom. The van der Waals surface area contributed by atoms with Crippen LogP contribution < -0.4 is 0 Å². The third kappa shape index (κ3) is 3.01. The van der Waals surface area contributed by atoms with Crippen LogP contribution in [0.1, 0.15) is 32.6 Å². The number of carbonyl (C=O) groups excluding carboxylic acids is 1. The smallest absolute Gasteiger partial charge is 0.323 e. The van der Waals surface area contributed by atoms with E-state index in [-0.39, 0.29) is 12.5 Å². The van der Waals surface area contributed by atoms with Crippen molar-refractivity contribution in [2.75, 3.05) is 13.1 Å². The Hall–Kier alpha value is -1.06. The lowest BCUT2D eigenvalue weighted by atomic mass is 9.82. The highest BCUT2D eigenvalue weighted by atomic mass is 16.4. The molecule has 1 amide bonds. The number of rotatable bonds is 5. The number of hydrogen-bond acceptors (Lipinski definition) is 2. The first kappa shape index (κ1) is 11.0. The van der Waals surface area contributed by atoms with Gasteiger partial charge in [0, 0.05) is 13.0 Å². The Bertz CT molecular complexity index is 223. The fourth-order valence-electron chi connectivity index (χ4n) is 1.61. The molecule has 1 fully saturated rings. The van der Waals surface area contributed by atoms with E-state index in [1.807, 2.05) is 6.92 Å². The van der Waals surface area contributed by atoms with Gasteiger partial charge in [0.2, 0.25) is 5.91 Å². The summed E-state index contributed by atoms with van der Waals surface area (Å²) in [7, 11) is 0. The minimum Gasteiger partial charge on any atom is -0.480 e. The Balaban J connectivity index is 2.34. The molecule has 0 bridgehead atoms. The van der Waals surface area contributed by atoms with Crippen LogP contribution in [0, 0.1) is 5.92 Å². The first-order valence-electron chi connectivity index (χ1n) is 5.13. The molecule has 0 radical (unpaired) electrons. The molecule has 14 heavy (non-hydrogen) atoms. The lowest BCUT2D eigenvalue weighted by Crippen LogP contribution is -2.37. The average molecular weight is 199 g/mol. The molecule has 1 N–H and O–H groups in total. The number of aliphatic carboxylic acids is 1. The highest BCUT2D eigenvalue weighted by Gasteiger charge is 2.23. The zero-order valence-electron chi connectivity index (χ0n) is 8.53. The van der Waals surface area contributed by atoms with Crippen LogP contribution in [-0.2, 0) is 9.59 Å². The topological polar surface area (TPSA) is 57.6 Å². The minimum atomic E-state index is -0.936. The second kappa shape index (κ2) is 4.98. The van der Waals surface area contributed by atoms with Crippen molar-refractivity contribution >= 4 is 11.9 Å². The van der Waals surface area contributed by atoms with Gasteiger partial charge in [-0.05, 0) is 25.7 Å². The predicted molar refractivity (Wildman–Crippen MR) is 51.8 cm³/mol. The van der Waals surface area contributed by atoms with E-state index in [1.54, 1.807) is 0 Å². The van der Waals surface area contributed by atoms with Gasteiger partial charge >= 0.3 is 5.97 Å². The van der Waals surface area contributed by atoms with Crippen molar-refractivity contribution in [2.24, 2.45) is 5.92 Å². The van der Waals surface area contributed by atoms with E-state index in [0.29, 0.717) is 18.9 Å². The van der Waals surface area contributed by atoms with Gasteiger partial charge in [-0.25, -0.2) is 0 Å². The second-order valence-corrected chi connectivity index (χ2v) is 3.80. The molecule has 0 aromatic heterocycles. The molecule has 0 aliphatic heterocycles. The van der Waals surface area contributed by atoms with E-state index < -0.39 is 5.97 Å². The molecule has 0 saturated heterocycles. The summed E-state index contributed by atoms with van der Waals surface area (Å²) >= 11 is 0. The third-order valence-electron chi connectivity index (χ3n) is 2.75. The van der Waals surface area contributed by atoms with Gasteiger partial charge < -0.3 is 10.0 Å². The Morgan fingerprint density at radius 3 is 2.43 bits per heavy atom. The number of carbonyl (C=O) groups is 2. The number of carboxylic acid groups (broad SMARTS) is 1. The van der Waals surface area contributed by atoms with Crippen molar-refractivity contribution in [1.82, 2.24) is 4.90 Å². The molecule has 0 aromatic carbocycles. The number of nitrogens with zero attached hydrogens (tertiary/aromatic N) is 1. The summed E-state index contributed by atoms with van der Waals surface area (Å²) in [6, 6.07) is 0. The Labute approximate surface area is 83.9 Å². The van der Waals surface area contributed by atoms with Crippen molar-refractivity contribution in [3.05, 3.63) is 0 Å². The molecule has 1 aliphatic carbocycles. The molecular weight excluding hydrogens is 182 g/mol. The molecule has 0 spiro atoms. The summed E-state index contributed by atoms with van der Waals surface area (Å²) in [6.45, 7) is 2.13. The summed E-state index contributed by atoms with van der Waals surface area (Å²) in [5, 5.41) is 8.58. The summed E-state index contributed by atoms with van der Waals surface area (Å²) in [6.07, 6.45) is 3.98. The number of carboxylic acids is 1. The summed E-state index contributed by atoms with van der Waals surface area (Å²) in [5.41, 5.74) is 0. The molecule has 0 aromatic rings. The maximum absolute atomic E-state index is 11.6. The van der Waals surface area contributed by atoms with Gasteiger partial charge in [0.1, 0.15) is 6.54 Å². The maximum atomic E-state index is 11.6.